The second kappa shape index (κ2) is 4.81. The van der Waals surface area contributed by atoms with Gasteiger partial charge in [-0.15, -0.1) is 0 Å². The molecule has 2 N–H and O–H groups in total. The average molecular weight is 312 g/mol. The summed E-state index contributed by atoms with van der Waals surface area (Å²) in [7, 11) is 0. The molecule has 1 aromatic heterocycles. The Hall–Kier alpha value is -1.82. The normalized spacial score (nSPS) is 12.3. The van der Waals surface area contributed by atoms with Crippen LogP contribution in [0.2, 0.25) is 0 Å². The third kappa shape index (κ3) is 2.24. The number of carbonyl (C=O) groups is 1. The number of nitrogens with one attached hydrogen (secondary N) is 1. The topological polar surface area (TPSA) is 79.5 Å². The van der Waals surface area contributed by atoms with E-state index in [1.807, 2.05) is 0 Å². The molecule has 6 heteroatoms. The van der Waals surface area contributed by atoms with E-state index in [0.29, 0.717) is 15.2 Å². The second-order valence-electron chi connectivity index (χ2n) is 3.78. The van der Waals surface area contributed by atoms with Gasteiger partial charge in [-0.3, -0.25) is 0 Å². The van der Waals surface area contributed by atoms with Crippen molar-refractivity contribution < 1.29 is 14.3 Å². The molecular weight excluding hydrogens is 302 g/mol. The van der Waals surface area contributed by atoms with Crippen molar-refractivity contribution in [2.75, 3.05) is 0 Å². The van der Waals surface area contributed by atoms with Gasteiger partial charge in [0.15, 0.2) is 0 Å². The van der Waals surface area contributed by atoms with Gasteiger partial charge in [-0.2, -0.15) is 0 Å². The molecule has 0 saturated heterocycles. The highest BCUT2D eigenvalue weighted by atomic mass is 79.9. The molecule has 0 aliphatic rings. The van der Waals surface area contributed by atoms with Gasteiger partial charge in [-0.1, -0.05) is 18.2 Å². The third-order valence-corrected chi connectivity index (χ3v) is 3.35. The molecule has 0 spiro atoms. The first-order valence-electron chi connectivity index (χ1n) is 5.21. The Morgan fingerprint density at radius 2 is 2.00 bits per heavy atom. The fourth-order valence-corrected chi connectivity index (χ4v) is 2.48. The molecule has 2 rings (SSSR count). The van der Waals surface area contributed by atoms with Crippen molar-refractivity contribution in [3.05, 3.63) is 44.9 Å². The number of hydrogen-bond acceptors (Lipinski definition) is 3. The maximum absolute atomic E-state index is 11.8. The Morgan fingerprint density at radius 1 is 1.39 bits per heavy atom. The maximum atomic E-state index is 11.8. The molecule has 18 heavy (non-hydrogen) atoms. The van der Waals surface area contributed by atoms with E-state index in [1.54, 1.807) is 31.2 Å². The summed E-state index contributed by atoms with van der Waals surface area (Å²) in [6, 6.07) is 6.35. The molecule has 0 aliphatic heterocycles. The summed E-state index contributed by atoms with van der Waals surface area (Å²) in [5.74, 6) is 0.265. The first-order valence-corrected chi connectivity index (χ1v) is 6.00. The fraction of sp³-hybridized carbons (Fsp3) is 0.167. The van der Waals surface area contributed by atoms with Crippen molar-refractivity contribution in [1.29, 1.82) is 0 Å². The fourth-order valence-electron chi connectivity index (χ4n) is 1.71. The van der Waals surface area contributed by atoms with Crippen LogP contribution in [0.1, 0.15) is 18.7 Å². The highest BCUT2D eigenvalue weighted by molar-refractivity contribution is 9.10. The van der Waals surface area contributed by atoms with E-state index in [4.69, 9.17) is 9.52 Å². The van der Waals surface area contributed by atoms with Crippen molar-refractivity contribution in [2.24, 2.45) is 0 Å². The summed E-state index contributed by atoms with van der Waals surface area (Å²) >= 11 is 3.34. The smallest absolute Gasteiger partial charge is 0.405 e. The van der Waals surface area contributed by atoms with Crippen LogP contribution in [0, 0.1) is 0 Å². The number of hydrogen-bond donors (Lipinski definition) is 2. The standard InChI is InChI=1S/C12H10BrNO4/c1-6(14-12(16)17)10-9(13)7-4-2-3-5-8(7)11(15)18-10/h2-6,14H,1H3,(H,16,17). The van der Waals surface area contributed by atoms with Gasteiger partial charge in [0.25, 0.3) is 0 Å². The van der Waals surface area contributed by atoms with E-state index in [0.717, 1.165) is 0 Å². The van der Waals surface area contributed by atoms with Crippen LogP contribution in [0.25, 0.3) is 10.8 Å². The van der Waals surface area contributed by atoms with E-state index in [9.17, 15) is 9.59 Å². The molecule has 2 aromatic rings. The largest absolute Gasteiger partial charge is 0.465 e. The van der Waals surface area contributed by atoms with Crippen molar-refractivity contribution in [3.8, 4) is 0 Å². The highest BCUT2D eigenvalue weighted by Gasteiger charge is 2.18. The lowest BCUT2D eigenvalue weighted by atomic mass is 10.1. The number of fused-ring (bicyclic) bond motifs is 1. The van der Waals surface area contributed by atoms with Gasteiger partial charge in [0, 0.05) is 5.39 Å². The Labute approximate surface area is 111 Å². The minimum absolute atomic E-state index is 0.265. The average Bonchev–Trinajstić information content (AvgIpc) is 2.33. The summed E-state index contributed by atoms with van der Waals surface area (Å²) in [4.78, 5) is 22.4. The molecule has 0 radical (unpaired) electrons. The number of amides is 1. The van der Waals surface area contributed by atoms with E-state index in [2.05, 4.69) is 21.2 Å². The molecule has 5 nitrogen and oxygen atoms in total. The van der Waals surface area contributed by atoms with Gasteiger partial charge in [0.1, 0.15) is 5.76 Å². The quantitative estimate of drug-likeness (QED) is 0.893. The van der Waals surface area contributed by atoms with Crippen molar-refractivity contribution in [2.45, 2.75) is 13.0 Å². The molecule has 1 aromatic carbocycles. The zero-order valence-corrected chi connectivity index (χ0v) is 11.0. The molecule has 94 valence electrons. The Balaban J connectivity index is 2.63. The van der Waals surface area contributed by atoms with E-state index in [1.165, 1.54) is 0 Å². The lowest BCUT2D eigenvalue weighted by molar-refractivity contribution is 0.188. The number of benzene rings is 1. The second-order valence-corrected chi connectivity index (χ2v) is 4.58. The molecular formula is C12H10BrNO4. The van der Waals surface area contributed by atoms with Crippen LogP contribution in [0.15, 0.2) is 37.9 Å². The van der Waals surface area contributed by atoms with Crippen LogP contribution in [0.5, 0.6) is 0 Å². The molecule has 0 aliphatic carbocycles. The Morgan fingerprint density at radius 3 is 2.61 bits per heavy atom. The summed E-state index contributed by atoms with van der Waals surface area (Å²) in [6.45, 7) is 1.60. The predicted octanol–water partition coefficient (Wildman–Crippen LogP) is 2.88. The summed E-state index contributed by atoms with van der Waals surface area (Å²) < 4.78 is 5.74. The van der Waals surface area contributed by atoms with Crippen molar-refractivity contribution >= 4 is 32.8 Å². The molecule has 1 unspecified atom stereocenters. The van der Waals surface area contributed by atoms with E-state index >= 15 is 0 Å². The summed E-state index contributed by atoms with van der Waals surface area (Å²) in [5.41, 5.74) is -0.483. The van der Waals surface area contributed by atoms with Gasteiger partial charge in [0.2, 0.25) is 0 Å². The van der Waals surface area contributed by atoms with E-state index < -0.39 is 17.8 Å². The first-order chi connectivity index (χ1) is 8.50. The van der Waals surface area contributed by atoms with Crippen LogP contribution in [-0.2, 0) is 0 Å². The molecule has 0 bridgehead atoms. The molecule has 0 fully saturated rings. The maximum Gasteiger partial charge on any atom is 0.405 e. The first kappa shape index (κ1) is 12.6. The number of rotatable bonds is 2. The van der Waals surface area contributed by atoms with Gasteiger partial charge < -0.3 is 14.8 Å². The lowest BCUT2D eigenvalue weighted by Gasteiger charge is -2.13. The predicted molar refractivity (Wildman–Crippen MR) is 69.8 cm³/mol. The van der Waals surface area contributed by atoms with Crippen LogP contribution >= 0.6 is 15.9 Å². The van der Waals surface area contributed by atoms with Crippen molar-refractivity contribution in [3.63, 3.8) is 0 Å². The minimum Gasteiger partial charge on any atom is -0.465 e. The van der Waals surface area contributed by atoms with Crippen LogP contribution < -0.4 is 10.9 Å². The molecule has 1 heterocycles. The molecule has 1 amide bonds. The van der Waals surface area contributed by atoms with Crippen molar-refractivity contribution in [1.82, 2.24) is 5.32 Å². The van der Waals surface area contributed by atoms with Gasteiger partial charge in [-0.25, -0.2) is 9.59 Å². The number of halogens is 1. The van der Waals surface area contributed by atoms with Crippen LogP contribution in [0.4, 0.5) is 4.79 Å². The van der Waals surface area contributed by atoms with Crippen LogP contribution in [0.3, 0.4) is 0 Å². The minimum atomic E-state index is -1.18. The van der Waals surface area contributed by atoms with Crippen LogP contribution in [-0.4, -0.2) is 11.2 Å². The molecule has 0 saturated carbocycles. The SMILES string of the molecule is CC(NC(=O)O)c1oc(=O)c2ccccc2c1Br. The third-order valence-electron chi connectivity index (χ3n) is 2.54. The highest BCUT2D eigenvalue weighted by Crippen LogP contribution is 2.29. The lowest BCUT2D eigenvalue weighted by Crippen LogP contribution is -2.25. The van der Waals surface area contributed by atoms with Gasteiger partial charge in [-0.05, 0) is 28.9 Å². The summed E-state index contributed by atoms with van der Waals surface area (Å²) in [5, 5.41) is 12.1. The Kier molecular flexibility index (Phi) is 3.38. The van der Waals surface area contributed by atoms with Gasteiger partial charge >= 0.3 is 11.7 Å². The summed E-state index contributed by atoms with van der Waals surface area (Å²) in [6.07, 6.45) is -1.18. The Bertz CT molecular complexity index is 665. The monoisotopic (exact) mass is 311 g/mol. The number of carboxylic acid groups (broad SMARTS) is 1. The van der Waals surface area contributed by atoms with Gasteiger partial charge in [0.05, 0.1) is 15.9 Å². The molecule has 1 atom stereocenters. The van der Waals surface area contributed by atoms with E-state index in [-0.39, 0.29) is 5.76 Å². The zero-order valence-electron chi connectivity index (χ0n) is 9.44. The zero-order chi connectivity index (χ0) is 13.3.